The van der Waals surface area contributed by atoms with Gasteiger partial charge >= 0.3 is 0 Å². The first-order chi connectivity index (χ1) is 16.3. The summed E-state index contributed by atoms with van der Waals surface area (Å²) in [7, 11) is 0. The SMILES string of the molecule is CC.Fc1cc(-c2ccccc2)cc2c(NCc3ccccn3)nc(-c3ccccc3)nc12. The zero-order valence-electron chi connectivity index (χ0n) is 18.7. The van der Waals surface area contributed by atoms with E-state index in [1.165, 1.54) is 6.07 Å². The van der Waals surface area contributed by atoms with E-state index in [-0.39, 0.29) is 11.3 Å². The van der Waals surface area contributed by atoms with E-state index in [1.54, 1.807) is 6.20 Å². The van der Waals surface area contributed by atoms with Gasteiger partial charge in [-0.1, -0.05) is 80.6 Å². The van der Waals surface area contributed by atoms with Gasteiger partial charge < -0.3 is 5.32 Å². The lowest BCUT2D eigenvalue weighted by Crippen LogP contribution is -2.06. The predicted octanol–water partition coefficient (Wildman–Crippen LogP) is 7.14. The van der Waals surface area contributed by atoms with Crippen molar-refractivity contribution in [3.63, 3.8) is 0 Å². The zero-order valence-corrected chi connectivity index (χ0v) is 18.7. The van der Waals surface area contributed by atoms with Gasteiger partial charge in [0.05, 0.1) is 12.2 Å². The smallest absolute Gasteiger partial charge is 0.162 e. The summed E-state index contributed by atoms with van der Waals surface area (Å²) in [6, 6.07) is 28.5. The summed E-state index contributed by atoms with van der Waals surface area (Å²) in [5.41, 5.74) is 3.71. The van der Waals surface area contributed by atoms with Gasteiger partial charge in [-0.2, -0.15) is 0 Å². The number of rotatable bonds is 5. The standard InChI is InChI=1S/C26H19FN4.C2H6/c27-23-16-20(18-9-3-1-4-10-18)15-22-24(23)30-25(19-11-5-2-6-12-19)31-26(22)29-17-21-13-7-8-14-28-21;1-2/h1-16H,17H2,(H,29,30,31);1-2H3. The largest absolute Gasteiger partial charge is 0.364 e. The van der Waals surface area contributed by atoms with Gasteiger partial charge in [0.1, 0.15) is 17.2 Å². The number of aromatic nitrogens is 3. The fourth-order valence-corrected chi connectivity index (χ4v) is 3.52. The average molecular weight is 437 g/mol. The van der Waals surface area contributed by atoms with Crippen LogP contribution in [0.4, 0.5) is 10.2 Å². The summed E-state index contributed by atoms with van der Waals surface area (Å²) in [5.74, 6) is 0.672. The van der Waals surface area contributed by atoms with Crippen molar-refractivity contribution in [2.45, 2.75) is 20.4 Å². The Bertz CT molecular complexity index is 1320. The van der Waals surface area contributed by atoms with Crippen molar-refractivity contribution in [2.75, 3.05) is 5.32 Å². The maximum absolute atomic E-state index is 15.2. The van der Waals surface area contributed by atoms with Crippen LogP contribution in [0.15, 0.2) is 97.2 Å². The molecule has 2 heterocycles. The summed E-state index contributed by atoms with van der Waals surface area (Å²) < 4.78 is 15.2. The molecule has 3 aromatic carbocycles. The zero-order chi connectivity index (χ0) is 23.0. The molecule has 5 heteroatoms. The number of halogens is 1. The van der Waals surface area contributed by atoms with Crippen LogP contribution in [0, 0.1) is 5.82 Å². The van der Waals surface area contributed by atoms with E-state index in [0.29, 0.717) is 23.6 Å². The Morgan fingerprint density at radius 1 is 0.727 bits per heavy atom. The van der Waals surface area contributed by atoms with Crippen molar-refractivity contribution in [1.29, 1.82) is 0 Å². The van der Waals surface area contributed by atoms with Crippen LogP contribution in [0.3, 0.4) is 0 Å². The van der Waals surface area contributed by atoms with Gasteiger partial charge in [0.2, 0.25) is 0 Å². The molecule has 5 aromatic rings. The number of hydrogen-bond donors (Lipinski definition) is 1. The second kappa shape index (κ2) is 10.5. The van der Waals surface area contributed by atoms with E-state index >= 15 is 4.39 Å². The number of nitrogens with one attached hydrogen (secondary N) is 1. The van der Waals surface area contributed by atoms with Gasteiger partial charge in [-0.3, -0.25) is 4.98 Å². The first-order valence-corrected chi connectivity index (χ1v) is 11.0. The van der Waals surface area contributed by atoms with Crippen LogP contribution < -0.4 is 5.32 Å². The molecule has 0 aliphatic rings. The molecule has 0 bridgehead atoms. The summed E-state index contributed by atoms with van der Waals surface area (Å²) >= 11 is 0. The fraction of sp³-hybridized carbons (Fsp3) is 0.107. The maximum Gasteiger partial charge on any atom is 0.162 e. The number of hydrogen-bond acceptors (Lipinski definition) is 4. The fourth-order valence-electron chi connectivity index (χ4n) is 3.52. The number of anilines is 1. The van der Waals surface area contributed by atoms with Crippen molar-refractivity contribution in [1.82, 2.24) is 15.0 Å². The van der Waals surface area contributed by atoms with Crippen molar-refractivity contribution in [3.8, 4) is 22.5 Å². The minimum absolute atomic E-state index is 0.289. The Kier molecular flexibility index (Phi) is 7.00. The minimum Gasteiger partial charge on any atom is -0.364 e. The topological polar surface area (TPSA) is 50.7 Å². The van der Waals surface area contributed by atoms with Crippen molar-refractivity contribution in [3.05, 3.63) is 109 Å². The van der Waals surface area contributed by atoms with Crippen LogP contribution in [0.5, 0.6) is 0 Å². The molecule has 0 radical (unpaired) electrons. The lowest BCUT2D eigenvalue weighted by Gasteiger charge is -2.13. The van der Waals surface area contributed by atoms with Crippen LogP contribution >= 0.6 is 0 Å². The van der Waals surface area contributed by atoms with Crippen LogP contribution in [0.25, 0.3) is 33.4 Å². The molecule has 0 unspecified atom stereocenters. The average Bonchev–Trinajstić information content (AvgIpc) is 2.90. The van der Waals surface area contributed by atoms with E-state index in [2.05, 4.69) is 15.3 Å². The van der Waals surface area contributed by atoms with Gasteiger partial charge in [0.15, 0.2) is 5.82 Å². The Morgan fingerprint density at radius 3 is 2.06 bits per heavy atom. The molecule has 0 saturated heterocycles. The first kappa shape index (κ1) is 22.1. The quantitative estimate of drug-likeness (QED) is 0.318. The third-order valence-corrected chi connectivity index (χ3v) is 5.06. The molecule has 0 aliphatic carbocycles. The van der Waals surface area contributed by atoms with Gasteiger partial charge in [-0.25, -0.2) is 14.4 Å². The van der Waals surface area contributed by atoms with Gasteiger partial charge in [-0.05, 0) is 35.4 Å². The number of fused-ring (bicyclic) bond motifs is 1. The highest BCUT2D eigenvalue weighted by Crippen LogP contribution is 2.31. The van der Waals surface area contributed by atoms with E-state index in [9.17, 15) is 0 Å². The molecule has 5 rings (SSSR count). The summed E-state index contributed by atoms with van der Waals surface area (Å²) in [4.78, 5) is 13.7. The normalized spacial score (nSPS) is 10.4. The monoisotopic (exact) mass is 436 g/mol. The van der Waals surface area contributed by atoms with E-state index < -0.39 is 0 Å². The molecule has 4 nitrogen and oxygen atoms in total. The molecule has 1 N–H and O–H groups in total. The second-order valence-corrected chi connectivity index (χ2v) is 7.16. The lowest BCUT2D eigenvalue weighted by molar-refractivity contribution is 0.637. The molecule has 2 aromatic heterocycles. The lowest BCUT2D eigenvalue weighted by atomic mass is 10.0. The molecule has 0 fully saturated rings. The molecule has 0 saturated carbocycles. The summed E-state index contributed by atoms with van der Waals surface area (Å²) in [6.07, 6.45) is 1.75. The second-order valence-electron chi connectivity index (χ2n) is 7.16. The van der Waals surface area contributed by atoms with E-state index in [1.807, 2.05) is 98.8 Å². The molecular formula is C28H25FN4. The molecule has 0 atom stereocenters. The van der Waals surface area contributed by atoms with Gasteiger partial charge in [0.25, 0.3) is 0 Å². The van der Waals surface area contributed by atoms with Gasteiger partial charge in [0, 0.05) is 17.1 Å². The van der Waals surface area contributed by atoms with Gasteiger partial charge in [-0.15, -0.1) is 0 Å². The molecule has 164 valence electrons. The highest BCUT2D eigenvalue weighted by atomic mass is 19.1. The number of nitrogens with zero attached hydrogens (tertiary/aromatic N) is 3. The predicted molar refractivity (Wildman–Crippen MR) is 133 cm³/mol. The highest BCUT2D eigenvalue weighted by molar-refractivity contribution is 5.94. The van der Waals surface area contributed by atoms with Crippen molar-refractivity contribution in [2.24, 2.45) is 0 Å². The first-order valence-electron chi connectivity index (χ1n) is 11.0. The third kappa shape index (κ3) is 5.04. The molecule has 33 heavy (non-hydrogen) atoms. The van der Waals surface area contributed by atoms with Crippen molar-refractivity contribution >= 4 is 16.7 Å². The van der Waals surface area contributed by atoms with E-state index in [4.69, 9.17) is 4.98 Å². The Balaban J connectivity index is 0.00000126. The van der Waals surface area contributed by atoms with Crippen LogP contribution in [0.2, 0.25) is 0 Å². The molecule has 0 amide bonds. The minimum atomic E-state index is -0.378. The number of pyridine rings is 1. The van der Waals surface area contributed by atoms with Crippen LogP contribution in [-0.4, -0.2) is 15.0 Å². The van der Waals surface area contributed by atoms with E-state index in [0.717, 1.165) is 22.4 Å². The molecule has 0 aliphatic heterocycles. The Hall–Kier alpha value is -4.12. The summed E-state index contributed by atoms with van der Waals surface area (Å²) in [5, 5.41) is 3.97. The molecule has 0 spiro atoms. The molecular weight excluding hydrogens is 411 g/mol. The highest BCUT2D eigenvalue weighted by Gasteiger charge is 2.15. The third-order valence-electron chi connectivity index (χ3n) is 5.06. The maximum atomic E-state index is 15.2. The van der Waals surface area contributed by atoms with Crippen LogP contribution in [-0.2, 0) is 6.54 Å². The summed E-state index contributed by atoms with van der Waals surface area (Å²) in [6.45, 7) is 4.47. The number of benzene rings is 3. The Labute approximate surface area is 193 Å². The van der Waals surface area contributed by atoms with Crippen LogP contribution in [0.1, 0.15) is 19.5 Å². The Morgan fingerprint density at radius 2 is 1.39 bits per heavy atom. The van der Waals surface area contributed by atoms with Crippen molar-refractivity contribution < 1.29 is 4.39 Å².